The summed E-state index contributed by atoms with van der Waals surface area (Å²) >= 11 is 5.94. The van der Waals surface area contributed by atoms with Gasteiger partial charge in [-0.3, -0.25) is 9.71 Å². The van der Waals surface area contributed by atoms with Crippen molar-refractivity contribution in [3.05, 3.63) is 100 Å². The molecule has 5 rings (SSSR count). The number of nitrogens with zero attached hydrogens (tertiary/aromatic N) is 3. The monoisotopic (exact) mass is 589 g/mol. The number of aryl methyl sites for hydroxylation is 4. The summed E-state index contributed by atoms with van der Waals surface area (Å²) in [7, 11) is -1.97. The SMILES string of the molecule is COc1cc(N2C(=S)N[C@@H](c3ccccn3)[C@H]2c2cc(C)n(-c3c(C)cc(C)cc3C)c2C)ccc1NS(C)(=O)=O. The molecule has 41 heavy (non-hydrogen) atoms. The summed E-state index contributed by atoms with van der Waals surface area (Å²) in [6.45, 7) is 10.7. The molecule has 8 nitrogen and oxygen atoms in total. The molecule has 0 radical (unpaired) electrons. The summed E-state index contributed by atoms with van der Waals surface area (Å²) in [6.07, 6.45) is 2.90. The van der Waals surface area contributed by atoms with Crippen molar-refractivity contribution in [2.75, 3.05) is 23.0 Å². The minimum absolute atomic E-state index is 0.224. The topological polar surface area (TPSA) is 88.5 Å². The number of rotatable bonds is 7. The van der Waals surface area contributed by atoms with Crippen LogP contribution >= 0.6 is 12.2 Å². The minimum Gasteiger partial charge on any atom is -0.494 e. The Morgan fingerprint density at radius 2 is 1.71 bits per heavy atom. The smallest absolute Gasteiger partial charge is 0.229 e. The Kier molecular flexibility index (Phi) is 7.56. The Morgan fingerprint density at radius 1 is 1.00 bits per heavy atom. The molecule has 2 N–H and O–H groups in total. The van der Waals surface area contributed by atoms with Crippen LogP contribution in [-0.2, 0) is 10.0 Å². The summed E-state index contributed by atoms with van der Waals surface area (Å²) in [6, 6.07) is 17.4. The van der Waals surface area contributed by atoms with E-state index in [1.54, 1.807) is 12.3 Å². The predicted octanol–water partition coefficient (Wildman–Crippen LogP) is 5.97. The molecule has 1 aliphatic rings. The molecule has 0 saturated carbocycles. The zero-order valence-electron chi connectivity index (χ0n) is 24.3. The molecular weight excluding hydrogens is 555 g/mol. The quantitative estimate of drug-likeness (QED) is 0.257. The van der Waals surface area contributed by atoms with Gasteiger partial charge in [0.25, 0.3) is 0 Å². The van der Waals surface area contributed by atoms with Gasteiger partial charge in [-0.05, 0) is 93.9 Å². The summed E-state index contributed by atoms with van der Waals surface area (Å²) in [5.41, 5.74) is 10.2. The number of anilines is 2. The third kappa shape index (κ3) is 5.41. The second-order valence-corrected chi connectivity index (χ2v) is 12.8. The van der Waals surface area contributed by atoms with E-state index >= 15 is 0 Å². The Balaban J connectivity index is 1.69. The van der Waals surface area contributed by atoms with E-state index < -0.39 is 10.0 Å². The number of aromatic nitrogens is 2. The predicted molar refractivity (Wildman–Crippen MR) is 169 cm³/mol. The van der Waals surface area contributed by atoms with Crippen molar-refractivity contribution in [1.29, 1.82) is 0 Å². The number of hydrogen-bond acceptors (Lipinski definition) is 5. The fraction of sp³-hybridized carbons (Fsp3) is 0.290. The number of hydrogen-bond donors (Lipinski definition) is 2. The van der Waals surface area contributed by atoms with Crippen LogP contribution in [0, 0.1) is 34.6 Å². The highest BCUT2D eigenvalue weighted by molar-refractivity contribution is 7.92. The molecule has 0 amide bonds. The number of thiocarbonyl (C=S) groups is 1. The van der Waals surface area contributed by atoms with Gasteiger partial charge >= 0.3 is 0 Å². The maximum absolute atomic E-state index is 11.9. The molecule has 0 unspecified atom stereocenters. The molecule has 1 aliphatic heterocycles. The zero-order chi connectivity index (χ0) is 29.6. The van der Waals surface area contributed by atoms with Crippen molar-refractivity contribution in [1.82, 2.24) is 14.9 Å². The van der Waals surface area contributed by atoms with Gasteiger partial charge in [0.15, 0.2) is 5.11 Å². The Labute approximate surface area is 247 Å². The van der Waals surface area contributed by atoms with E-state index in [2.05, 4.69) is 77.3 Å². The van der Waals surface area contributed by atoms with Crippen molar-refractivity contribution >= 4 is 38.7 Å². The van der Waals surface area contributed by atoms with Gasteiger partial charge in [-0.15, -0.1) is 0 Å². The molecule has 2 aromatic heterocycles. The van der Waals surface area contributed by atoms with Crippen molar-refractivity contribution in [3.63, 3.8) is 0 Å². The number of nitrogens with one attached hydrogen (secondary N) is 2. The van der Waals surface area contributed by atoms with Gasteiger partial charge in [0.05, 0.1) is 42.5 Å². The van der Waals surface area contributed by atoms with Crippen LogP contribution in [0.3, 0.4) is 0 Å². The van der Waals surface area contributed by atoms with E-state index in [0.717, 1.165) is 34.6 Å². The molecule has 10 heteroatoms. The minimum atomic E-state index is -3.49. The van der Waals surface area contributed by atoms with Gasteiger partial charge < -0.3 is 19.5 Å². The Hall–Kier alpha value is -3.89. The van der Waals surface area contributed by atoms with Crippen LogP contribution in [0.25, 0.3) is 5.69 Å². The van der Waals surface area contributed by atoms with Gasteiger partial charge in [0.1, 0.15) is 5.75 Å². The number of methoxy groups -OCH3 is 1. The van der Waals surface area contributed by atoms with Crippen molar-refractivity contribution < 1.29 is 13.2 Å². The first-order valence-electron chi connectivity index (χ1n) is 13.3. The average molecular weight is 590 g/mol. The molecule has 1 saturated heterocycles. The average Bonchev–Trinajstić information content (AvgIpc) is 3.39. The standard InChI is InChI=1S/C31H35N5O3S2/c1-18-14-19(2)29(20(3)15-18)35-21(4)16-24(22(35)5)30-28(26-10-8-9-13-32-26)33-31(40)36(30)23-11-12-25(27(17-23)39-6)34-41(7,37)38/h8-17,28,30,34H,1-7H3,(H,33,40)/t28-,30+/m0/s1. The highest BCUT2D eigenvalue weighted by Crippen LogP contribution is 2.45. The van der Waals surface area contributed by atoms with E-state index in [1.165, 1.54) is 29.5 Å². The van der Waals surface area contributed by atoms with Gasteiger partial charge in [0, 0.05) is 29.3 Å². The van der Waals surface area contributed by atoms with E-state index in [4.69, 9.17) is 17.0 Å². The van der Waals surface area contributed by atoms with Crippen molar-refractivity contribution in [2.45, 2.75) is 46.7 Å². The molecule has 0 aliphatic carbocycles. The molecule has 0 spiro atoms. The van der Waals surface area contributed by atoms with Gasteiger partial charge in [0.2, 0.25) is 10.0 Å². The van der Waals surface area contributed by atoms with Gasteiger partial charge in [-0.25, -0.2) is 8.42 Å². The maximum Gasteiger partial charge on any atom is 0.229 e. The number of benzene rings is 2. The normalized spacial score (nSPS) is 17.0. The molecule has 4 aromatic rings. The lowest BCUT2D eigenvalue weighted by atomic mass is 9.96. The fourth-order valence-electron chi connectivity index (χ4n) is 6.02. The molecule has 214 valence electrons. The second-order valence-electron chi connectivity index (χ2n) is 10.7. The van der Waals surface area contributed by atoms with Gasteiger partial charge in [-0.1, -0.05) is 23.8 Å². The summed E-state index contributed by atoms with van der Waals surface area (Å²) < 4.78 is 34.3. The molecule has 3 heterocycles. The van der Waals surface area contributed by atoms with Crippen molar-refractivity contribution in [3.8, 4) is 11.4 Å². The van der Waals surface area contributed by atoms with Crippen LogP contribution in [0.5, 0.6) is 5.75 Å². The number of ether oxygens (including phenoxy) is 1. The highest BCUT2D eigenvalue weighted by atomic mass is 32.2. The van der Waals surface area contributed by atoms with Crippen LogP contribution in [0.15, 0.2) is 60.8 Å². The summed E-state index contributed by atoms with van der Waals surface area (Å²) in [4.78, 5) is 6.76. The highest BCUT2D eigenvalue weighted by Gasteiger charge is 2.42. The van der Waals surface area contributed by atoms with Crippen LogP contribution in [0.1, 0.15) is 51.4 Å². The number of pyridine rings is 1. The first kappa shape index (κ1) is 28.6. The van der Waals surface area contributed by atoms with Crippen LogP contribution in [0.2, 0.25) is 0 Å². The van der Waals surface area contributed by atoms with Crippen LogP contribution in [0.4, 0.5) is 11.4 Å². The fourth-order valence-corrected chi connectivity index (χ4v) is 6.93. The lowest BCUT2D eigenvalue weighted by Gasteiger charge is -2.29. The lowest BCUT2D eigenvalue weighted by Crippen LogP contribution is -2.29. The van der Waals surface area contributed by atoms with E-state index in [9.17, 15) is 8.42 Å². The Morgan fingerprint density at radius 3 is 2.32 bits per heavy atom. The van der Waals surface area contributed by atoms with Crippen molar-refractivity contribution in [2.24, 2.45) is 0 Å². The third-order valence-corrected chi connectivity index (χ3v) is 8.41. The Bertz CT molecular complexity index is 1730. The van der Waals surface area contributed by atoms with E-state index in [-0.39, 0.29) is 12.1 Å². The molecule has 0 bridgehead atoms. The van der Waals surface area contributed by atoms with Crippen LogP contribution < -0.4 is 19.7 Å². The summed E-state index contributed by atoms with van der Waals surface area (Å²) in [5, 5.41) is 4.06. The number of sulfonamides is 1. The molecule has 2 atom stereocenters. The van der Waals surface area contributed by atoms with Gasteiger partial charge in [-0.2, -0.15) is 0 Å². The van der Waals surface area contributed by atoms with E-state index in [0.29, 0.717) is 16.5 Å². The molecule has 1 fully saturated rings. The van der Waals surface area contributed by atoms with Crippen LogP contribution in [-0.4, -0.2) is 36.4 Å². The van der Waals surface area contributed by atoms with E-state index in [1.807, 2.05) is 30.3 Å². The second kappa shape index (κ2) is 10.8. The lowest BCUT2D eigenvalue weighted by molar-refractivity contribution is 0.417. The first-order valence-corrected chi connectivity index (χ1v) is 15.6. The molecule has 2 aromatic carbocycles. The zero-order valence-corrected chi connectivity index (χ0v) is 25.9. The molecular formula is C31H35N5O3S2. The maximum atomic E-state index is 11.9. The summed E-state index contributed by atoms with van der Waals surface area (Å²) in [5.74, 6) is 0.395. The first-order chi connectivity index (χ1) is 19.4. The third-order valence-electron chi connectivity index (χ3n) is 7.50. The largest absolute Gasteiger partial charge is 0.494 e.